The lowest BCUT2D eigenvalue weighted by molar-refractivity contribution is 1.20. The van der Waals surface area contributed by atoms with E-state index in [0.717, 1.165) is 22.6 Å². The molecule has 2 aromatic rings. The fourth-order valence-corrected chi connectivity index (χ4v) is 1.57. The molecule has 3 heteroatoms. The van der Waals surface area contributed by atoms with Gasteiger partial charge < -0.3 is 5.73 Å². The van der Waals surface area contributed by atoms with Gasteiger partial charge in [-0.15, -0.1) is 0 Å². The number of nitrogen functional groups attached to an aromatic ring is 1. The zero-order valence-electron chi connectivity index (χ0n) is 10.0. The number of anilines is 1. The van der Waals surface area contributed by atoms with Gasteiger partial charge in [-0.1, -0.05) is 17.7 Å². The largest absolute Gasteiger partial charge is 0.399 e. The maximum absolute atomic E-state index is 5.60. The molecule has 0 atom stereocenters. The highest BCUT2D eigenvalue weighted by Gasteiger charge is 1.96. The molecule has 2 rings (SSSR count). The van der Waals surface area contributed by atoms with Crippen LogP contribution < -0.4 is 5.73 Å². The van der Waals surface area contributed by atoms with Gasteiger partial charge in [0.1, 0.15) is 0 Å². The van der Waals surface area contributed by atoms with Gasteiger partial charge in [0.2, 0.25) is 0 Å². The van der Waals surface area contributed by atoms with Crippen molar-refractivity contribution in [1.82, 2.24) is 0 Å². The molecule has 0 aromatic heterocycles. The number of aryl methyl sites for hydroxylation is 2. The van der Waals surface area contributed by atoms with E-state index in [9.17, 15) is 0 Å². The van der Waals surface area contributed by atoms with E-state index in [2.05, 4.69) is 23.2 Å². The molecule has 0 unspecified atom stereocenters. The predicted molar refractivity (Wildman–Crippen MR) is 70.9 cm³/mol. The lowest BCUT2D eigenvalue weighted by atomic mass is 10.1. The average molecular weight is 225 g/mol. The molecule has 0 bridgehead atoms. The van der Waals surface area contributed by atoms with Crippen LogP contribution in [0.5, 0.6) is 0 Å². The molecule has 0 spiro atoms. The van der Waals surface area contributed by atoms with Crippen molar-refractivity contribution in [2.75, 3.05) is 5.73 Å². The topological polar surface area (TPSA) is 50.7 Å². The summed E-state index contributed by atoms with van der Waals surface area (Å²) in [4.78, 5) is 0. The van der Waals surface area contributed by atoms with Crippen LogP contribution >= 0.6 is 0 Å². The highest BCUT2D eigenvalue weighted by molar-refractivity contribution is 5.49. The van der Waals surface area contributed by atoms with Crippen molar-refractivity contribution in [3.05, 3.63) is 53.6 Å². The second kappa shape index (κ2) is 4.78. The lowest BCUT2D eigenvalue weighted by Gasteiger charge is -2.00. The van der Waals surface area contributed by atoms with Crippen LogP contribution in [0.25, 0.3) is 0 Å². The van der Waals surface area contributed by atoms with E-state index in [4.69, 9.17) is 5.73 Å². The molecule has 0 aliphatic rings. The van der Waals surface area contributed by atoms with Crippen LogP contribution in [0.15, 0.2) is 52.7 Å². The number of nitrogens with zero attached hydrogens (tertiary/aromatic N) is 2. The summed E-state index contributed by atoms with van der Waals surface area (Å²) < 4.78 is 0. The first kappa shape index (κ1) is 11.3. The monoisotopic (exact) mass is 225 g/mol. The molecule has 2 aromatic carbocycles. The van der Waals surface area contributed by atoms with Crippen LogP contribution in [0, 0.1) is 13.8 Å². The zero-order chi connectivity index (χ0) is 12.3. The van der Waals surface area contributed by atoms with Gasteiger partial charge in [0, 0.05) is 5.69 Å². The molecular formula is C14H15N3. The van der Waals surface area contributed by atoms with Crippen LogP contribution in [-0.4, -0.2) is 0 Å². The van der Waals surface area contributed by atoms with Crippen LogP contribution in [0.4, 0.5) is 17.1 Å². The Hall–Kier alpha value is -2.16. The minimum atomic E-state index is 0.732. The number of azo groups is 1. The maximum atomic E-state index is 5.60. The van der Waals surface area contributed by atoms with Crippen LogP contribution in [0.3, 0.4) is 0 Å². The Bertz CT molecular complexity index is 542. The summed E-state index contributed by atoms with van der Waals surface area (Å²) in [7, 11) is 0. The molecule has 0 radical (unpaired) electrons. The Morgan fingerprint density at radius 2 is 1.59 bits per heavy atom. The third kappa shape index (κ3) is 2.91. The second-order valence-electron chi connectivity index (χ2n) is 4.08. The van der Waals surface area contributed by atoms with Crippen LogP contribution in [0.1, 0.15) is 11.1 Å². The maximum Gasteiger partial charge on any atom is 0.0886 e. The first-order valence-corrected chi connectivity index (χ1v) is 5.50. The Labute approximate surface area is 101 Å². The van der Waals surface area contributed by atoms with E-state index >= 15 is 0 Å². The minimum Gasteiger partial charge on any atom is -0.399 e. The average Bonchev–Trinajstić information content (AvgIpc) is 2.30. The Morgan fingerprint density at radius 3 is 2.24 bits per heavy atom. The Morgan fingerprint density at radius 1 is 0.882 bits per heavy atom. The van der Waals surface area contributed by atoms with Crippen LogP contribution in [-0.2, 0) is 0 Å². The number of benzene rings is 2. The molecule has 0 saturated heterocycles. The third-order valence-corrected chi connectivity index (χ3v) is 2.52. The van der Waals surface area contributed by atoms with Crippen LogP contribution in [0.2, 0.25) is 0 Å². The first-order chi connectivity index (χ1) is 8.15. The summed E-state index contributed by atoms with van der Waals surface area (Å²) in [6.07, 6.45) is 0. The molecule has 0 aliphatic carbocycles. The number of hydrogen-bond donors (Lipinski definition) is 1. The number of hydrogen-bond acceptors (Lipinski definition) is 3. The molecule has 0 amide bonds. The SMILES string of the molecule is Cc1ccc(N=Nc2ccc(N)cc2)c(C)c1. The Kier molecular flexibility index (Phi) is 3.19. The quantitative estimate of drug-likeness (QED) is 0.601. The van der Waals surface area contributed by atoms with Crippen molar-refractivity contribution in [3.8, 4) is 0 Å². The molecule has 3 nitrogen and oxygen atoms in total. The number of rotatable bonds is 2. The van der Waals surface area contributed by atoms with Crippen molar-refractivity contribution in [1.29, 1.82) is 0 Å². The fourth-order valence-electron chi connectivity index (χ4n) is 1.57. The first-order valence-electron chi connectivity index (χ1n) is 5.50. The molecule has 86 valence electrons. The zero-order valence-corrected chi connectivity index (χ0v) is 10.0. The molecule has 2 N–H and O–H groups in total. The second-order valence-corrected chi connectivity index (χ2v) is 4.08. The molecular weight excluding hydrogens is 210 g/mol. The smallest absolute Gasteiger partial charge is 0.0886 e. The van der Waals surface area contributed by atoms with E-state index in [1.807, 2.05) is 43.3 Å². The predicted octanol–water partition coefficient (Wildman–Crippen LogP) is 4.30. The van der Waals surface area contributed by atoms with Gasteiger partial charge in [-0.3, -0.25) is 0 Å². The molecule has 0 aliphatic heterocycles. The molecule has 0 heterocycles. The van der Waals surface area contributed by atoms with E-state index < -0.39 is 0 Å². The van der Waals surface area contributed by atoms with Gasteiger partial charge >= 0.3 is 0 Å². The normalized spacial score (nSPS) is 10.9. The lowest BCUT2D eigenvalue weighted by Crippen LogP contribution is -1.80. The van der Waals surface area contributed by atoms with Gasteiger partial charge in [-0.05, 0) is 49.7 Å². The van der Waals surface area contributed by atoms with E-state index in [1.165, 1.54) is 5.56 Å². The van der Waals surface area contributed by atoms with E-state index in [1.54, 1.807) is 0 Å². The molecule has 17 heavy (non-hydrogen) atoms. The molecule has 0 saturated carbocycles. The van der Waals surface area contributed by atoms with Gasteiger partial charge in [0.15, 0.2) is 0 Å². The molecule has 0 fully saturated rings. The van der Waals surface area contributed by atoms with Crippen molar-refractivity contribution < 1.29 is 0 Å². The number of nitrogens with two attached hydrogens (primary N) is 1. The van der Waals surface area contributed by atoms with E-state index in [0.29, 0.717) is 0 Å². The Balaban J connectivity index is 2.23. The van der Waals surface area contributed by atoms with Gasteiger partial charge in [0.05, 0.1) is 11.4 Å². The van der Waals surface area contributed by atoms with Gasteiger partial charge in [-0.25, -0.2) is 0 Å². The summed E-state index contributed by atoms with van der Waals surface area (Å²) in [5.74, 6) is 0. The standard InChI is InChI=1S/C14H15N3/c1-10-3-8-14(11(2)9-10)17-16-13-6-4-12(15)5-7-13/h3-9H,15H2,1-2H3. The highest BCUT2D eigenvalue weighted by atomic mass is 15.1. The van der Waals surface area contributed by atoms with Crippen molar-refractivity contribution in [2.45, 2.75) is 13.8 Å². The summed E-state index contributed by atoms with van der Waals surface area (Å²) in [6.45, 7) is 4.10. The van der Waals surface area contributed by atoms with E-state index in [-0.39, 0.29) is 0 Å². The fraction of sp³-hybridized carbons (Fsp3) is 0.143. The summed E-state index contributed by atoms with van der Waals surface area (Å²) >= 11 is 0. The van der Waals surface area contributed by atoms with Gasteiger partial charge in [0.25, 0.3) is 0 Å². The minimum absolute atomic E-state index is 0.732. The summed E-state index contributed by atoms with van der Waals surface area (Å²) in [5, 5.41) is 8.41. The van der Waals surface area contributed by atoms with Gasteiger partial charge in [-0.2, -0.15) is 10.2 Å². The van der Waals surface area contributed by atoms with Crippen molar-refractivity contribution >= 4 is 17.1 Å². The summed E-state index contributed by atoms with van der Waals surface area (Å²) in [6, 6.07) is 13.4. The van der Waals surface area contributed by atoms with Crippen molar-refractivity contribution in [2.24, 2.45) is 10.2 Å². The van der Waals surface area contributed by atoms with Crippen molar-refractivity contribution in [3.63, 3.8) is 0 Å². The highest BCUT2D eigenvalue weighted by Crippen LogP contribution is 2.23. The summed E-state index contributed by atoms with van der Waals surface area (Å²) in [5.41, 5.74) is 10.4. The third-order valence-electron chi connectivity index (χ3n) is 2.52.